The lowest BCUT2D eigenvalue weighted by Gasteiger charge is -2.09. The molecule has 1 aromatic heterocycles. The van der Waals surface area contributed by atoms with Crippen LogP contribution in [-0.2, 0) is 13.1 Å². The van der Waals surface area contributed by atoms with E-state index in [0.717, 1.165) is 40.1 Å². The van der Waals surface area contributed by atoms with Crippen LogP contribution in [0.4, 0.5) is 5.69 Å². The van der Waals surface area contributed by atoms with Crippen molar-refractivity contribution in [3.63, 3.8) is 0 Å². The topological polar surface area (TPSA) is 48.3 Å². The first-order chi connectivity index (χ1) is 9.69. The van der Waals surface area contributed by atoms with Gasteiger partial charge >= 0.3 is 0 Å². The Hall–Kier alpha value is -1.88. The molecule has 1 aliphatic rings. The van der Waals surface area contributed by atoms with Gasteiger partial charge in [0.15, 0.2) is 11.5 Å². The lowest BCUT2D eigenvalue weighted by molar-refractivity contribution is 0.174. The third-order valence-corrected chi connectivity index (χ3v) is 3.78. The number of anilines is 1. The van der Waals surface area contributed by atoms with Crippen LogP contribution in [0.3, 0.4) is 0 Å². The van der Waals surface area contributed by atoms with Gasteiger partial charge in [0, 0.05) is 18.3 Å². The van der Waals surface area contributed by atoms with Crippen molar-refractivity contribution in [3.05, 3.63) is 34.6 Å². The highest BCUT2D eigenvalue weighted by molar-refractivity contribution is 6.31. The van der Waals surface area contributed by atoms with Crippen LogP contribution in [0.2, 0.25) is 5.02 Å². The molecule has 6 heteroatoms. The molecule has 20 heavy (non-hydrogen) atoms. The summed E-state index contributed by atoms with van der Waals surface area (Å²) in [7, 11) is 0. The standard InChI is InChI=1S/C14H16ClN3O2/c1-3-18-11(14(15)9(2)17-18)7-16-10-4-5-12-13(6-10)20-8-19-12/h4-6,16H,3,7-8H2,1-2H3. The van der Waals surface area contributed by atoms with E-state index in [1.54, 1.807) is 0 Å². The van der Waals surface area contributed by atoms with Gasteiger partial charge in [-0.2, -0.15) is 5.10 Å². The molecular weight excluding hydrogens is 278 g/mol. The van der Waals surface area contributed by atoms with Crippen LogP contribution in [-0.4, -0.2) is 16.6 Å². The molecule has 0 saturated carbocycles. The van der Waals surface area contributed by atoms with Gasteiger partial charge in [-0.1, -0.05) is 11.6 Å². The Labute approximate surface area is 122 Å². The highest BCUT2D eigenvalue weighted by Gasteiger charge is 2.15. The van der Waals surface area contributed by atoms with Crippen molar-refractivity contribution in [2.75, 3.05) is 12.1 Å². The number of hydrogen-bond acceptors (Lipinski definition) is 4. The van der Waals surface area contributed by atoms with E-state index >= 15 is 0 Å². The maximum Gasteiger partial charge on any atom is 0.231 e. The van der Waals surface area contributed by atoms with E-state index in [1.165, 1.54) is 0 Å². The van der Waals surface area contributed by atoms with Crippen molar-refractivity contribution in [1.82, 2.24) is 9.78 Å². The summed E-state index contributed by atoms with van der Waals surface area (Å²) in [5.74, 6) is 1.55. The van der Waals surface area contributed by atoms with Crippen molar-refractivity contribution in [3.8, 4) is 11.5 Å². The zero-order valence-electron chi connectivity index (χ0n) is 11.4. The third-order valence-electron chi connectivity index (χ3n) is 3.29. The predicted octanol–water partition coefficient (Wildman–Crippen LogP) is 3.21. The van der Waals surface area contributed by atoms with Crippen LogP contribution in [0, 0.1) is 6.92 Å². The summed E-state index contributed by atoms with van der Waals surface area (Å²) in [4.78, 5) is 0. The summed E-state index contributed by atoms with van der Waals surface area (Å²) in [5.41, 5.74) is 2.81. The minimum absolute atomic E-state index is 0.284. The van der Waals surface area contributed by atoms with E-state index in [1.807, 2.05) is 36.7 Å². The van der Waals surface area contributed by atoms with Crippen LogP contribution in [0.25, 0.3) is 0 Å². The molecule has 5 nitrogen and oxygen atoms in total. The molecule has 0 radical (unpaired) electrons. The molecule has 0 aliphatic carbocycles. The first-order valence-electron chi connectivity index (χ1n) is 6.54. The minimum atomic E-state index is 0.284. The zero-order valence-corrected chi connectivity index (χ0v) is 12.2. The number of aryl methyl sites for hydroxylation is 2. The van der Waals surface area contributed by atoms with Gasteiger partial charge in [-0.3, -0.25) is 4.68 Å². The van der Waals surface area contributed by atoms with Gasteiger partial charge in [0.1, 0.15) is 0 Å². The van der Waals surface area contributed by atoms with Gasteiger partial charge in [-0.05, 0) is 26.0 Å². The van der Waals surface area contributed by atoms with Gasteiger partial charge in [-0.25, -0.2) is 0 Å². The molecule has 0 atom stereocenters. The van der Waals surface area contributed by atoms with Crippen molar-refractivity contribution >= 4 is 17.3 Å². The van der Waals surface area contributed by atoms with Crippen LogP contribution in [0.5, 0.6) is 11.5 Å². The second kappa shape index (κ2) is 5.25. The molecule has 2 heterocycles. The lowest BCUT2D eigenvalue weighted by atomic mass is 10.2. The van der Waals surface area contributed by atoms with Crippen molar-refractivity contribution in [2.24, 2.45) is 0 Å². The Kier molecular flexibility index (Phi) is 3.44. The predicted molar refractivity (Wildman–Crippen MR) is 77.5 cm³/mol. The van der Waals surface area contributed by atoms with E-state index in [9.17, 15) is 0 Å². The second-order valence-electron chi connectivity index (χ2n) is 4.58. The molecule has 0 bridgehead atoms. The Morgan fingerprint density at radius 3 is 2.95 bits per heavy atom. The van der Waals surface area contributed by atoms with Gasteiger partial charge in [0.2, 0.25) is 6.79 Å². The highest BCUT2D eigenvalue weighted by atomic mass is 35.5. The van der Waals surface area contributed by atoms with E-state index in [4.69, 9.17) is 21.1 Å². The SMILES string of the molecule is CCn1nc(C)c(Cl)c1CNc1ccc2c(c1)OCO2. The normalized spacial score (nSPS) is 12.8. The molecule has 0 amide bonds. The molecule has 1 aromatic carbocycles. The number of nitrogens with zero attached hydrogens (tertiary/aromatic N) is 2. The summed E-state index contributed by atoms with van der Waals surface area (Å²) in [6.07, 6.45) is 0. The number of rotatable bonds is 4. The molecule has 0 unspecified atom stereocenters. The molecule has 2 aromatic rings. The number of halogens is 1. The fraction of sp³-hybridized carbons (Fsp3) is 0.357. The smallest absolute Gasteiger partial charge is 0.231 e. The van der Waals surface area contributed by atoms with Gasteiger partial charge in [0.25, 0.3) is 0 Å². The average molecular weight is 294 g/mol. The summed E-state index contributed by atoms with van der Waals surface area (Å²) < 4.78 is 12.6. The third kappa shape index (κ3) is 2.29. The van der Waals surface area contributed by atoms with E-state index in [2.05, 4.69) is 10.4 Å². The summed E-state index contributed by atoms with van der Waals surface area (Å²) in [5, 5.41) is 8.46. The summed E-state index contributed by atoms with van der Waals surface area (Å²) in [6, 6.07) is 5.78. The van der Waals surface area contributed by atoms with E-state index in [-0.39, 0.29) is 6.79 Å². The fourth-order valence-electron chi connectivity index (χ4n) is 2.23. The maximum atomic E-state index is 6.28. The second-order valence-corrected chi connectivity index (χ2v) is 4.96. The Bertz CT molecular complexity index is 640. The molecule has 1 aliphatic heterocycles. The van der Waals surface area contributed by atoms with E-state index < -0.39 is 0 Å². The lowest BCUT2D eigenvalue weighted by Crippen LogP contribution is -2.08. The number of hydrogen-bond donors (Lipinski definition) is 1. The number of benzene rings is 1. The maximum absolute atomic E-state index is 6.28. The first kappa shape index (κ1) is 13.1. The average Bonchev–Trinajstić information content (AvgIpc) is 3.02. The number of aromatic nitrogens is 2. The molecule has 0 fully saturated rings. The first-order valence-corrected chi connectivity index (χ1v) is 6.92. The van der Waals surface area contributed by atoms with Crippen molar-refractivity contribution in [2.45, 2.75) is 26.9 Å². The molecule has 3 rings (SSSR count). The largest absolute Gasteiger partial charge is 0.454 e. The van der Waals surface area contributed by atoms with Gasteiger partial charge in [0.05, 0.1) is 23.0 Å². The van der Waals surface area contributed by atoms with Crippen LogP contribution >= 0.6 is 11.6 Å². The number of fused-ring (bicyclic) bond motifs is 1. The van der Waals surface area contributed by atoms with Gasteiger partial charge < -0.3 is 14.8 Å². The molecule has 1 N–H and O–H groups in total. The minimum Gasteiger partial charge on any atom is -0.454 e. The highest BCUT2D eigenvalue weighted by Crippen LogP contribution is 2.34. The molecular formula is C14H16ClN3O2. The Morgan fingerprint density at radius 2 is 2.15 bits per heavy atom. The zero-order chi connectivity index (χ0) is 14.1. The quantitative estimate of drug-likeness (QED) is 0.940. The Balaban J connectivity index is 1.77. The number of nitrogens with one attached hydrogen (secondary N) is 1. The van der Waals surface area contributed by atoms with Crippen LogP contribution in [0.1, 0.15) is 18.3 Å². The molecule has 106 valence electrons. The van der Waals surface area contributed by atoms with Crippen molar-refractivity contribution < 1.29 is 9.47 Å². The summed E-state index contributed by atoms with van der Waals surface area (Å²) >= 11 is 6.28. The van der Waals surface area contributed by atoms with E-state index in [0.29, 0.717) is 6.54 Å². The van der Waals surface area contributed by atoms with Crippen LogP contribution < -0.4 is 14.8 Å². The fourth-order valence-corrected chi connectivity index (χ4v) is 2.43. The van der Waals surface area contributed by atoms with Gasteiger partial charge in [-0.15, -0.1) is 0 Å². The number of ether oxygens (including phenoxy) is 2. The Morgan fingerprint density at radius 1 is 1.35 bits per heavy atom. The molecule has 0 saturated heterocycles. The monoisotopic (exact) mass is 293 g/mol. The molecule has 0 spiro atoms. The van der Waals surface area contributed by atoms with Crippen LogP contribution in [0.15, 0.2) is 18.2 Å². The summed E-state index contributed by atoms with van der Waals surface area (Å²) in [6.45, 7) is 5.66. The van der Waals surface area contributed by atoms with Crippen molar-refractivity contribution in [1.29, 1.82) is 0 Å².